The Morgan fingerprint density at radius 2 is 2.00 bits per heavy atom. The molecule has 1 saturated carbocycles. The summed E-state index contributed by atoms with van der Waals surface area (Å²) in [6.07, 6.45) is 2.75. The van der Waals surface area contributed by atoms with Crippen molar-refractivity contribution >= 4 is 5.95 Å². The van der Waals surface area contributed by atoms with Crippen LogP contribution >= 0.6 is 0 Å². The molecule has 0 amide bonds. The normalized spacial score (nSPS) is 26.1. The highest BCUT2D eigenvalue weighted by Gasteiger charge is 2.44. The largest absolute Gasteiger partial charge is 0.388 e. The first-order valence-corrected chi connectivity index (χ1v) is 8.64. The van der Waals surface area contributed by atoms with E-state index in [-0.39, 0.29) is 6.61 Å². The van der Waals surface area contributed by atoms with Crippen LogP contribution in [0.1, 0.15) is 24.2 Å². The molecule has 0 radical (unpaired) electrons. The summed E-state index contributed by atoms with van der Waals surface area (Å²) in [7, 11) is 1.82. The molecule has 2 aliphatic rings. The maximum atomic E-state index is 9.63. The van der Waals surface area contributed by atoms with E-state index in [1.54, 1.807) is 0 Å². The van der Waals surface area contributed by atoms with Gasteiger partial charge in [0.05, 0.1) is 12.6 Å². The van der Waals surface area contributed by atoms with E-state index < -0.39 is 0 Å². The molecular formula is C18H24N4O2. The average Bonchev–Trinajstić information content (AvgIpc) is 3.29. The van der Waals surface area contributed by atoms with Crippen LogP contribution in [0.3, 0.4) is 0 Å². The Hall–Kier alpha value is -1.92. The first kappa shape index (κ1) is 15.6. The summed E-state index contributed by atoms with van der Waals surface area (Å²) in [5.74, 6) is 2.74. The van der Waals surface area contributed by atoms with E-state index in [0.717, 1.165) is 25.5 Å². The number of aliphatic hydroxyl groups excluding tert-OH is 1. The average molecular weight is 328 g/mol. The summed E-state index contributed by atoms with van der Waals surface area (Å²) in [6.45, 7) is 2.55. The van der Waals surface area contributed by atoms with Crippen LogP contribution in [0.15, 0.2) is 30.3 Å². The van der Waals surface area contributed by atoms with E-state index in [4.69, 9.17) is 4.74 Å². The lowest BCUT2D eigenvalue weighted by Gasteiger charge is -2.21. The highest BCUT2D eigenvalue weighted by molar-refractivity contribution is 5.35. The maximum Gasteiger partial charge on any atom is 0.227 e. The van der Waals surface area contributed by atoms with Gasteiger partial charge >= 0.3 is 0 Å². The lowest BCUT2D eigenvalue weighted by atomic mass is 9.99. The Balaban J connectivity index is 1.59. The zero-order valence-electron chi connectivity index (χ0n) is 14.0. The second-order valence-corrected chi connectivity index (χ2v) is 6.83. The molecule has 6 heteroatoms. The first-order chi connectivity index (χ1) is 11.8. The van der Waals surface area contributed by atoms with Gasteiger partial charge in [-0.3, -0.25) is 4.57 Å². The Labute approximate surface area is 142 Å². The van der Waals surface area contributed by atoms with Crippen LogP contribution in [-0.2, 0) is 17.9 Å². The monoisotopic (exact) mass is 328 g/mol. The van der Waals surface area contributed by atoms with Gasteiger partial charge in [0.1, 0.15) is 6.61 Å². The van der Waals surface area contributed by atoms with Crippen LogP contribution < -0.4 is 4.90 Å². The molecule has 128 valence electrons. The van der Waals surface area contributed by atoms with E-state index in [1.807, 2.05) is 29.9 Å². The van der Waals surface area contributed by atoms with Gasteiger partial charge in [0, 0.05) is 26.1 Å². The lowest BCUT2D eigenvalue weighted by Crippen LogP contribution is -2.28. The van der Waals surface area contributed by atoms with Gasteiger partial charge in [0.25, 0.3) is 0 Å². The summed E-state index contributed by atoms with van der Waals surface area (Å²) < 4.78 is 7.69. The van der Waals surface area contributed by atoms with Crippen molar-refractivity contribution in [3.63, 3.8) is 0 Å². The SMILES string of the molecule is CO[C@@H]1CC[C@@H]2CN(c3nnc(CO)n3Cc3ccccc3)C[C@@H]21. The van der Waals surface area contributed by atoms with E-state index in [0.29, 0.717) is 30.3 Å². The topological polar surface area (TPSA) is 63.4 Å². The highest BCUT2D eigenvalue weighted by Crippen LogP contribution is 2.40. The molecule has 2 heterocycles. The number of aromatic nitrogens is 3. The number of benzene rings is 1. The van der Waals surface area contributed by atoms with E-state index in [1.165, 1.54) is 12.0 Å². The number of rotatable bonds is 5. The van der Waals surface area contributed by atoms with Crippen molar-refractivity contribution in [2.45, 2.75) is 32.1 Å². The number of hydrogen-bond donors (Lipinski definition) is 1. The van der Waals surface area contributed by atoms with Crippen molar-refractivity contribution in [3.05, 3.63) is 41.7 Å². The molecule has 2 fully saturated rings. The van der Waals surface area contributed by atoms with Gasteiger partial charge in [0.2, 0.25) is 5.95 Å². The summed E-state index contributed by atoms with van der Waals surface area (Å²) in [5, 5.41) is 18.2. The van der Waals surface area contributed by atoms with Crippen molar-refractivity contribution < 1.29 is 9.84 Å². The molecular weight excluding hydrogens is 304 g/mol. The predicted octanol–water partition coefficient (Wildman–Crippen LogP) is 1.68. The molecule has 2 aromatic rings. The van der Waals surface area contributed by atoms with Gasteiger partial charge in [-0.1, -0.05) is 30.3 Å². The van der Waals surface area contributed by atoms with Crippen LogP contribution in [0.25, 0.3) is 0 Å². The van der Waals surface area contributed by atoms with Gasteiger partial charge in [-0.15, -0.1) is 10.2 Å². The van der Waals surface area contributed by atoms with Gasteiger partial charge in [-0.25, -0.2) is 0 Å². The van der Waals surface area contributed by atoms with E-state index in [2.05, 4.69) is 27.2 Å². The zero-order valence-corrected chi connectivity index (χ0v) is 14.0. The molecule has 0 unspecified atom stereocenters. The molecule has 1 aliphatic carbocycles. The maximum absolute atomic E-state index is 9.63. The van der Waals surface area contributed by atoms with Crippen molar-refractivity contribution in [1.82, 2.24) is 14.8 Å². The number of aliphatic hydroxyl groups is 1. The molecule has 1 saturated heterocycles. The molecule has 24 heavy (non-hydrogen) atoms. The fourth-order valence-electron chi connectivity index (χ4n) is 4.28. The van der Waals surface area contributed by atoms with Gasteiger partial charge in [-0.05, 0) is 24.3 Å². The lowest BCUT2D eigenvalue weighted by molar-refractivity contribution is 0.0721. The summed E-state index contributed by atoms with van der Waals surface area (Å²) >= 11 is 0. The van der Waals surface area contributed by atoms with Crippen molar-refractivity contribution in [2.75, 3.05) is 25.1 Å². The van der Waals surface area contributed by atoms with Crippen LogP contribution in [0.5, 0.6) is 0 Å². The summed E-state index contributed by atoms with van der Waals surface area (Å²) in [5.41, 5.74) is 1.18. The van der Waals surface area contributed by atoms with Crippen LogP contribution in [-0.4, -0.2) is 46.2 Å². The molecule has 4 rings (SSSR count). The number of nitrogens with zero attached hydrogens (tertiary/aromatic N) is 4. The fourth-order valence-corrected chi connectivity index (χ4v) is 4.28. The molecule has 0 spiro atoms. The molecule has 1 N–H and O–H groups in total. The minimum absolute atomic E-state index is 0.0960. The summed E-state index contributed by atoms with van der Waals surface area (Å²) in [4.78, 5) is 2.32. The number of anilines is 1. The third-order valence-electron chi connectivity index (χ3n) is 5.51. The highest BCUT2D eigenvalue weighted by atomic mass is 16.5. The number of methoxy groups -OCH3 is 1. The fraction of sp³-hybridized carbons (Fsp3) is 0.556. The minimum Gasteiger partial charge on any atom is -0.388 e. The van der Waals surface area contributed by atoms with Crippen LogP contribution in [0, 0.1) is 11.8 Å². The number of hydrogen-bond acceptors (Lipinski definition) is 5. The minimum atomic E-state index is -0.0960. The van der Waals surface area contributed by atoms with Gasteiger partial charge in [0.15, 0.2) is 5.82 Å². The van der Waals surface area contributed by atoms with Crippen molar-refractivity contribution in [1.29, 1.82) is 0 Å². The van der Waals surface area contributed by atoms with Gasteiger partial charge in [-0.2, -0.15) is 0 Å². The molecule has 3 atom stereocenters. The zero-order chi connectivity index (χ0) is 16.5. The van der Waals surface area contributed by atoms with Gasteiger partial charge < -0.3 is 14.7 Å². The van der Waals surface area contributed by atoms with E-state index in [9.17, 15) is 5.11 Å². The first-order valence-electron chi connectivity index (χ1n) is 8.64. The number of ether oxygens (including phenoxy) is 1. The third kappa shape index (κ3) is 2.70. The standard InChI is InChI=1S/C18H24N4O2/c1-24-16-8-7-14-10-21(11-15(14)16)18-20-19-17(12-23)22(18)9-13-5-3-2-4-6-13/h2-6,14-16,23H,7-12H2,1H3/t14-,15+,16-/m1/s1. The Kier molecular flexibility index (Phi) is 4.24. The smallest absolute Gasteiger partial charge is 0.227 e. The molecule has 1 aromatic carbocycles. The number of fused-ring (bicyclic) bond motifs is 1. The predicted molar refractivity (Wildman–Crippen MR) is 90.7 cm³/mol. The Morgan fingerprint density at radius 1 is 1.17 bits per heavy atom. The van der Waals surface area contributed by atoms with Crippen LogP contribution in [0.4, 0.5) is 5.95 Å². The Bertz CT molecular complexity index is 688. The van der Waals surface area contributed by atoms with Crippen LogP contribution in [0.2, 0.25) is 0 Å². The van der Waals surface area contributed by atoms with Crippen molar-refractivity contribution in [3.8, 4) is 0 Å². The second kappa shape index (κ2) is 6.53. The second-order valence-electron chi connectivity index (χ2n) is 6.83. The molecule has 6 nitrogen and oxygen atoms in total. The molecule has 0 bridgehead atoms. The summed E-state index contributed by atoms with van der Waals surface area (Å²) in [6, 6.07) is 10.2. The van der Waals surface area contributed by atoms with Crippen molar-refractivity contribution in [2.24, 2.45) is 11.8 Å². The quantitative estimate of drug-likeness (QED) is 0.905. The third-order valence-corrected chi connectivity index (χ3v) is 5.51. The molecule has 1 aliphatic heterocycles. The van der Waals surface area contributed by atoms with E-state index >= 15 is 0 Å². The Morgan fingerprint density at radius 3 is 2.75 bits per heavy atom. The molecule has 1 aromatic heterocycles.